The van der Waals surface area contributed by atoms with Crippen molar-refractivity contribution in [1.29, 1.82) is 0 Å². The minimum absolute atomic E-state index is 0.0130. The molecule has 1 amide bonds. The Balaban J connectivity index is 1.42. The summed E-state index contributed by atoms with van der Waals surface area (Å²) in [6, 6.07) is 17.8. The van der Waals surface area contributed by atoms with Gasteiger partial charge in [0, 0.05) is 31.7 Å². The number of alkyl halides is 2. The van der Waals surface area contributed by atoms with Crippen LogP contribution in [-0.2, 0) is 11.2 Å². The number of nitrogens with zero attached hydrogens (tertiary/aromatic N) is 2. The highest BCUT2D eigenvalue weighted by Gasteiger charge is 2.30. The quantitative estimate of drug-likeness (QED) is 0.566. The van der Waals surface area contributed by atoms with Crippen molar-refractivity contribution in [3.8, 4) is 5.75 Å². The lowest BCUT2D eigenvalue weighted by atomic mass is 10.1. The molecule has 1 fully saturated rings. The standard InChI is InChI=1S/C25H33F2N3O2/c1-3-29(22-14-16-30(17-22)19(2)21-7-5-4-6-8-21)18-24(31)28-15-13-20-9-11-23(12-10-20)32-25(26)27/h4-12,19,22,25H,3,13-18H2,1-2H3,(H,28,31)/t19-,22+/m0/s1. The van der Waals surface area contributed by atoms with Crippen LogP contribution in [0.2, 0.25) is 0 Å². The fourth-order valence-electron chi connectivity index (χ4n) is 4.28. The summed E-state index contributed by atoms with van der Waals surface area (Å²) in [5.74, 6) is 0.151. The first-order chi connectivity index (χ1) is 15.5. The predicted molar refractivity (Wildman–Crippen MR) is 122 cm³/mol. The highest BCUT2D eigenvalue weighted by atomic mass is 19.3. The first kappa shape index (κ1) is 24.1. The molecule has 7 heteroatoms. The molecule has 3 rings (SSSR count). The molecule has 0 unspecified atom stereocenters. The van der Waals surface area contributed by atoms with Crippen LogP contribution < -0.4 is 10.1 Å². The fraction of sp³-hybridized carbons (Fsp3) is 0.480. The maximum absolute atomic E-state index is 12.5. The summed E-state index contributed by atoms with van der Waals surface area (Å²) < 4.78 is 28.8. The van der Waals surface area contributed by atoms with Crippen molar-refractivity contribution in [3.63, 3.8) is 0 Å². The summed E-state index contributed by atoms with van der Waals surface area (Å²) in [5.41, 5.74) is 2.28. The third kappa shape index (κ3) is 7.00. The Hall–Kier alpha value is -2.51. The van der Waals surface area contributed by atoms with Gasteiger partial charge in [0.1, 0.15) is 5.75 Å². The Morgan fingerprint density at radius 3 is 2.56 bits per heavy atom. The van der Waals surface area contributed by atoms with Gasteiger partial charge in [0.05, 0.1) is 6.54 Å². The number of carbonyl (C=O) groups is 1. The second kappa shape index (κ2) is 11.9. The number of hydrogen-bond donors (Lipinski definition) is 1. The maximum atomic E-state index is 12.5. The topological polar surface area (TPSA) is 44.8 Å². The second-order valence-corrected chi connectivity index (χ2v) is 8.21. The number of benzene rings is 2. The normalized spacial score (nSPS) is 17.6. The minimum atomic E-state index is -2.82. The van der Waals surface area contributed by atoms with Crippen LogP contribution in [0.3, 0.4) is 0 Å². The Morgan fingerprint density at radius 1 is 1.19 bits per heavy atom. The van der Waals surface area contributed by atoms with E-state index in [2.05, 4.69) is 58.0 Å². The highest BCUT2D eigenvalue weighted by Crippen LogP contribution is 2.26. The van der Waals surface area contributed by atoms with Crippen molar-refractivity contribution in [3.05, 3.63) is 65.7 Å². The van der Waals surface area contributed by atoms with E-state index in [0.717, 1.165) is 31.6 Å². The molecule has 1 aliphatic heterocycles. The van der Waals surface area contributed by atoms with E-state index in [1.807, 2.05) is 6.07 Å². The van der Waals surface area contributed by atoms with Crippen molar-refractivity contribution in [1.82, 2.24) is 15.1 Å². The third-order valence-corrected chi connectivity index (χ3v) is 6.18. The Kier molecular flexibility index (Phi) is 9.00. The number of likely N-dealkylation sites (N-methyl/N-ethyl adjacent to an activating group) is 1. The number of carbonyl (C=O) groups excluding carboxylic acids is 1. The molecule has 174 valence electrons. The van der Waals surface area contributed by atoms with E-state index in [9.17, 15) is 13.6 Å². The molecule has 2 aromatic carbocycles. The molecule has 0 spiro atoms. The van der Waals surface area contributed by atoms with Crippen LogP contribution in [0.1, 0.15) is 37.4 Å². The van der Waals surface area contributed by atoms with Crippen LogP contribution in [0.25, 0.3) is 0 Å². The fourth-order valence-corrected chi connectivity index (χ4v) is 4.28. The van der Waals surface area contributed by atoms with Crippen LogP contribution in [0.15, 0.2) is 54.6 Å². The van der Waals surface area contributed by atoms with Crippen molar-refractivity contribution in [2.75, 3.05) is 32.7 Å². The molecule has 0 radical (unpaired) electrons. The van der Waals surface area contributed by atoms with E-state index in [1.165, 1.54) is 17.7 Å². The van der Waals surface area contributed by atoms with Crippen LogP contribution >= 0.6 is 0 Å². The van der Waals surface area contributed by atoms with Gasteiger partial charge < -0.3 is 10.1 Å². The lowest BCUT2D eigenvalue weighted by Crippen LogP contribution is -2.44. The number of rotatable bonds is 11. The van der Waals surface area contributed by atoms with Crippen molar-refractivity contribution in [2.24, 2.45) is 0 Å². The lowest BCUT2D eigenvalue weighted by Gasteiger charge is -2.29. The average molecular weight is 446 g/mol. The molecule has 2 atom stereocenters. The molecule has 0 bridgehead atoms. The monoisotopic (exact) mass is 445 g/mol. The molecule has 0 aromatic heterocycles. The van der Waals surface area contributed by atoms with Gasteiger partial charge in [-0.15, -0.1) is 0 Å². The number of hydrogen-bond acceptors (Lipinski definition) is 4. The summed E-state index contributed by atoms with van der Waals surface area (Å²) in [6.07, 6.45) is 1.70. The van der Waals surface area contributed by atoms with Crippen molar-refractivity contribution >= 4 is 5.91 Å². The highest BCUT2D eigenvalue weighted by molar-refractivity contribution is 5.78. The van der Waals surface area contributed by atoms with Gasteiger partial charge >= 0.3 is 6.61 Å². The molecule has 1 aliphatic rings. The van der Waals surface area contributed by atoms with Gasteiger partial charge in [-0.3, -0.25) is 14.6 Å². The molecule has 2 aromatic rings. The molecule has 1 N–H and O–H groups in total. The van der Waals surface area contributed by atoms with E-state index in [0.29, 0.717) is 31.6 Å². The Labute approximate surface area is 189 Å². The maximum Gasteiger partial charge on any atom is 0.387 e. The van der Waals surface area contributed by atoms with Crippen LogP contribution in [0, 0.1) is 0 Å². The molecular weight excluding hydrogens is 412 g/mol. The van der Waals surface area contributed by atoms with Crippen molar-refractivity contribution in [2.45, 2.75) is 45.4 Å². The predicted octanol–water partition coefficient (Wildman–Crippen LogP) is 4.10. The Morgan fingerprint density at radius 2 is 1.91 bits per heavy atom. The molecule has 1 heterocycles. The smallest absolute Gasteiger partial charge is 0.387 e. The van der Waals surface area contributed by atoms with E-state index in [1.54, 1.807) is 12.1 Å². The van der Waals surface area contributed by atoms with E-state index < -0.39 is 6.61 Å². The summed E-state index contributed by atoms with van der Waals surface area (Å²) >= 11 is 0. The van der Waals surface area contributed by atoms with Gasteiger partial charge in [0.15, 0.2) is 0 Å². The number of nitrogens with one attached hydrogen (secondary N) is 1. The molecule has 0 aliphatic carbocycles. The zero-order valence-corrected chi connectivity index (χ0v) is 18.8. The van der Waals surface area contributed by atoms with Crippen LogP contribution in [0.4, 0.5) is 8.78 Å². The molecular formula is C25H33F2N3O2. The van der Waals surface area contributed by atoms with Crippen molar-refractivity contribution < 1.29 is 18.3 Å². The zero-order valence-electron chi connectivity index (χ0n) is 18.8. The first-order valence-electron chi connectivity index (χ1n) is 11.3. The second-order valence-electron chi connectivity index (χ2n) is 8.21. The third-order valence-electron chi connectivity index (χ3n) is 6.18. The molecule has 0 saturated carbocycles. The summed E-state index contributed by atoms with van der Waals surface area (Å²) in [5, 5.41) is 2.98. The SMILES string of the molecule is CCN(CC(=O)NCCc1ccc(OC(F)F)cc1)[C@@H]1CCN([C@@H](C)c2ccccc2)C1. The summed E-state index contributed by atoms with van der Waals surface area (Å²) in [6.45, 7) is 5.23. The minimum Gasteiger partial charge on any atom is -0.435 e. The number of halogens is 2. The summed E-state index contributed by atoms with van der Waals surface area (Å²) in [4.78, 5) is 17.2. The van der Waals surface area contributed by atoms with E-state index in [-0.39, 0.29) is 11.7 Å². The van der Waals surface area contributed by atoms with E-state index >= 15 is 0 Å². The van der Waals surface area contributed by atoms with E-state index in [4.69, 9.17) is 0 Å². The largest absolute Gasteiger partial charge is 0.435 e. The van der Waals surface area contributed by atoms with Crippen LogP contribution in [0.5, 0.6) is 5.75 Å². The number of likely N-dealkylation sites (tertiary alicyclic amines) is 1. The molecule has 32 heavy (non-hydrogen) atoms. The number of ether oxygens (including phenoxy) is 1. The zero-order chi connectivity index (χ0) is 22.9. The molecule has 1 saturated heterocycles. The Bertz CT molecular complexity index is 833. The average Bonchev–Trinajstić information content (AvgIpc) is 3.28. The first-order valence-corrected chi connectivity index (χ1v) is 11.3. The molecule has 5 nitrogen and oxygen atoms in total. The van der Waals surface area contributed by atoms with Crippen LogP contribution in [-0.4, -0.2) is 61.1 Å². The van der Waals surface area contributed by atoms with Gasteiger partial charge in [-0.05, 0) is 49.6 Å². The van der Waals surface area contributed by atoms with Gasteiger partial charge in [-0.1, -0.05) is 49.4 Å². The lowest BCUT2D eigenvalue weighted by molar-refractivity contribution is -0.122. The van der Waals surface area contributed by atoms with Gasteiger partial charge in [0.2, 0.25) is 5.91 Å². The number of amides is 1. The van der Waals surface area contributed by atoms with Gasteiger partial charge in [-0.25, -0.2) is 0 Å². The summed E-state index contributed by atoms with van der Waals surface area (Å²) in [7, 11) is 0. The van der Waals surface area contributed by atoms with Gasteiger partial charge in [-0.2, -0.15) is 8.78 Å². The van der Waals surface area contributed by atoms with Gasteiger partial charge in [0.25, 0.3) is 0 Å².